The second-order valence-electron chi connectivity index (χ2n) is 8.12. The van der Waals surface area contributed by atoms with Crippen LogP contribution in [0.5, 0.6) is 5.75 Å². The quantitative estimate of drug-likeness (QED) is 0.650. The molecule has 2 aliphatic heterocycles. The maximum atomic E-state index is 12.5. The summed E-state index contributed by atoms with van der Waals surface area (Å²) in [6.45, 7) is 4.46. The first-order valence-corrected chi connectivity index (χ1v) is 11.2. The Kier molecular flexibility index (Phi) is 7.08. The SMILES string of the molecule is O=C(c1ccc(OC2CCN(C/C(Cl)=C/c3ccccc3)CC2)cc1)N1CCCC1. The Hall–Kier alpha value is -2.30. The molecule has 2 aromatic rings. The van der Waals surface area contributed by atoms with E-state index in [1.807, 2.05) is 53.4 Å². The van der Waals surface area contributed by atoms with Gasteiger partial charge >= 0.3 is 0 Å². The third-order valence-electron chi connectivity index (χ3n) is 5.83. The van der Waals surface area contributed by atoms with Crippen molar-refractivity contribution < 1.29 is 9.53 Å². The molecule has 0 N–H and O–H groups in total. The van der Waals surface area contributed by atoms with Crippen molar-refractivity contribution in [3.05, 3.63) is 70.8 Å². The maximum Gasteiger partial charge on any atom is 0.253 e. The van der Waals surface area contributed by atoms with Gasteiger partial charge in [0, 0.05) is 43.3 Å². The van der Waals surface area contributed by atoms with Gasteiger partial charge in [-0.15, -0.1) is 0 Å². The zero-order valence-corrected chi connectivity index (χ0v) is 18.1. The molecule has 0 aliphatic carbocycles. The van der Waals surface area contributed by atoms with Gasteiger partial charge < -0.3 is 9.64 Å². The van der Waals surface area contributed by atoms with Crippen LogP contribution in [-0.4, -0.2) is 54.5 Å². The van der Waals surface area contributed by atoms with Crippen LogP contribution in [-0.2, 0) is 0 Å². The molecule has 5 heteroatoms. The van der Waals surface area contributed by atoms with Gasteiger partial charge in [0.05, 0.1) is 0 Å². The Balaban J connectivity index is 1.23. The summed E-state index contributed by atoms with van der Waals surface area (Å²) in [7, 11) is 0. The molecule has 0 saturated carbocycles. The van der Waals surface area contributed by atoms with E-state index in [0.29, 0.717) is 0 Å². The molecular weight excluding hydrogens is 396 g/mol. The molecule has 0 radical (unpaired) electrons. The minimum atomic E-state index is 0.132. The lowest BCUT2D eigenvalue weighted by Crippen LogP contribution is -2.38. The number of benzene rings is 2. The van der Waals surface area contributed by atoms with E-state index in [4.69, 9.17) is 16.3 Å². The molecule has 30 heavy (non-hydrogen) atoms. The van der Waals surface area contributed by atoms with Crippen LogP contribution in [0.25, 0.3) is 6.08 Å². The molecule has 2 aromatic carbocycles. The molecule has 4 nitrogen and oxygen atoms in total. The Morgan fingerprint density at radius 2 is 1.63 bits per heavy atom. The Morgan fingerprint density at radius 1 is 0.967 bits per heavy atom. The minimum Gasteiger partial charge on any atom is -0.490 e. The monoisotopic (exact) mass is 424 g/mol. The molecule has 2 heterocycles. The lowest BCUT2D eigenvalue weighted by molar-refractivity contribution is 0.0792. The van der Waals surface area contributed by atoms with Crippen molar-refractivity contribution in [1.29, 1.82) is 0 Å². The van der Waals surface area contributed by atoms with Gasteiger partial charge in [0.25, 0.3) is 5.91 Å². The van der Waals surface area contributed by atoms with Crippen LogP contribution in [0.4, 0.5) is 0 Å². The van der Waals surface area contributed by atoms with Gasteiger partial charge in [0.1, 0.15) is 11.9 Å². The lowest BCUT2D eigenvalue weighted by atomic mass is 10.1. The van der Waals surface area contributed by atoms with Crippen LogP contribution in [0, 0.1) is 0 Å². The third-order valence-corrected chi connectivity index (χ3v) is 6.06. The van der Waals surface area contributed by atoms with E-state index in [0.717, 1.165) is 80.3 Å². The summed E-state index contributed by atoms with van der Waals surface area (Å²) in [5.74, 6) is 0.973. The fourth-order valence-corrected chi connectivity index (χ4v) is 4.44. The standard InChI is InChI=1S/C25H29ClN2O2/c26-22(18-20-6-2-1-3-7-20)19-27-16-12-24(13-17-27)30-23-10-8-21(9-11-23)25(29)28-14-4-5-15-28/h1-3,6-11,18,24H,4-5,12-17,19H2/b22-18-. The molecule has 158 valence electrons. The number of carbonyl (C=O) groups excluding carboxylic acids is 1. The van der Waals surface area contributed by atoms with E-state index < -0.39 is 0 Å². The van der Waals surface area contributed by atoms with E-state index in [2.05, 4.69) is 17.0 Å². The highest BCUT2D eigenvalue weighted by atomic mass is 35.5. The summed E-state index contributed by atoms with van der Waals surface area (Å²) in [5.41, 5.74) is 1.88. The number of likely N-dealkylation sites (tertiary alicyclic amines) is 2. The Bertz CT molecular complexity index is 852. The molecular formula is C25H29ClN2O2. The highest BCUT2D eigenvalue weighted by Gasteiger charge is 2.22. The van der Waals surface area contributed by atoms with E-state index in [1.54, 1.807) is 0 Å². The van der Waals surface area contributed by atoms with E-state index >= 15 is 0 Å². The van der Waals surface area contributed by atoms with Crippen molar-refractivity contribution in [2.24, 2.45) is 0 Å². The second-order valence-corrected chi connectivity index (χ2v) is 8.60. The average Bonchev–Trinajstić information content (AvgIpc) is 3.31. The number of nitrogens with zero attached hydrogens (tertiary/aromatic N) is 2. The zero-order chi connectivity index (χ0) is 20.8. The first kappa shape index (κ1) is 21.0. The number of carbonyl (C=O) groups is 1. The molecule has 2 fully saturated rings. The first-order chi connectivity index (χ1) is 14.7. The fourth-order valence-electron chi connectivity index (χ4n) is 4.15. The summed E-state index contributed by atoms with van der Waals surface area (Å²) < 4.78 is 6.17. The molecule has 0 bridgehead atoms. The highest BCUT2D eigenvalue weighted by molar-refractivity contribution is 6.31. The van der Waals surface area contributed by atoms with Crippen LogP contribution in [0.15, 0.2) is 59.6 Å². The summed E-state index contributed by atoms with van der Waals surface area (Å²) in [6, 6.07) is 17.8. The molecule has 0 unspecified atom stereocenters. The normalized spacial score (nSPS) is 18.6. The van der Waals surface area contributed by atoms with Crippen molar-refractivity contribution in [1.82, 2.24) is 9.80 Å². The van der Waals surface area contributed by atoms with Gasteiger partial charge in [-0.3, -0.25) is 9.69 Å². The minimum absolute atomic E-state index is 0.132. The largest absolute Gasteiger partial charge is 0.490 e. The van der Waals surface area contributed by atoms with E-state index in [-0.39, 0.29) is 12.0 Å². The van der Waals surface area contributed by atoms with Crippen molar-refractivity contribution in [2.45, 2.75) is 31.8 Å². The number of hydrogen-bond donors (Lipinski definition) is 0. The topological polar surface area (TPSA) is 32.8 Å². The Morgan fingerprint density at radius 3 is 2.30 bits per heavy atom. The van der Waals surface area contributed by atoms with Crippen molar-refractivity contribution in [2.75, 3.05) is 32.7 Å². The molecule has 0 atom stereocenters. The van der Waals surface area contributed by atoms with Crippen molar-refractivity contribution >= 4 is 23.6 Å². The van der Waals surface area contributed by atoms with Crippen LogP contribution in [0.3, 0.4) is 0 Å². The molecule has 2 saturated heterocycles. The van der Waals surface area contributed by atoms with Crippen molar-refractivity contribution in [3.8, 4) is 5.75 Å². The maximum absolute atomic E-state index is 12.5. The first-order valence-electron chi connectivity index (χ1n) is 10.9. The van der Waals surface area contributed by atoms with E-state index in [9.17, 15) is 4.79 Å². The number of halogens is 1. The van der Waals surface area contributed by atoms with E-state index in [1.165, 1.54) is 0 Å². The van der Waals surface area contributed by atoms with Crippen LogP contribution in [0.2, 0.25) is 0 Å². The zero-order valence-electron chi connectivity index (χ0n) is 17.3. The summed E-state index contributed by atoms with van der Waals surface area (Å²) in [6.07, 6.45) is 6.42. The lowest BCUT2D eigenvalue weighted by Gasteiger charge is -2.32. The number of amides is 1. The van der Waals surface area contributed by atoms with Gasteiger partial charge in [0.2, 0.25) is 0 Å². The number of hydrogen-bond acceptors (Lipinski definition) is 3. The third kappa shape index (κ3) is 5.65. The van der Waals surface area contributed by atoms with Crippen LogP contribution < -0.4 is 4.74 Å². The molecule has 1 amide bonds. The second kappa shape index (κ2) is 10.1. The van der Waals surface area contributed by atoms with Gasteiger partial charge in [-0.05, 0) is 61.6 Å². The predicted octanol–water partition coefficient (Wildman–Crippen LogP) is 5.05. The predicted molar refractivity (Wildman–Crippen MR) is 122 cm³/mol. The summed E-state index contributed by atoms with van der Waals surface area (Å²) >= 11 is 6.46. The smallest absolute Gasteiger partial charge is 0.253 e. The molecule has 0 aromatic heterocycles. The molecule has 2 aliphatic rings. The van der Waals surface area contributed by atoms with Gasteiger partial charge in [-0.2, -0.15) is 0 Å². The highest BCUT2D eigenvalue weighted by Crippen LogP contribution is 2.22. The number of ether oxygens (including phenoxy) is 1. The van der Waals surface area contributed by atoms with Gasteiger partial charge in [-0.25, -0.2) is 0 Å². The summed E-state index contributed by atoms with van der Waals surface area (Å²) in [5, 5.41) is 0.860. The van der Waals surface area contributed by atoms with Gasteiger partial charge in [0.15, 0.2) is 0 Å². The molecule has 4 rings (SSSR count). The summed E-state index contributed by atoms with van der Waals surface area (Å²) in [4.78, 5) is 16.8. The molecule has 0 spiro atoms. The number of piperidine rings is 1. The fraction of sp³-hybridized carbons (Fsp3) is 0.400. The van der Waals surface area contributed by atoms with Crippen LogP contribution >= 0.6 is 11.6 Å². The van der Waals surface area contributed by atoms with Gasteiger partial charge in [-0.1, -0.05) is 41.9 Å². The van der Waals surface area contributed by atoms with Crippen LogP contribution in [0.1, 0.15) is 41.6 Å². The Labute approximate surface area is 184 Å². The van der Waals surface area contributed by atoms with Crippen molar-refractivity contribution in [3.63, 3.8) is 0 Å². The number of rotatable bonds is 6. The average molecular weight is 425 g/mol.